The summed E-state index contributed by atoms with van der Waals surface area (Å²) in [5.41, 5.74) is 8.46. The zero-order valence-corrected chi connectivity index (χ0v) is 11.5. The summed E-state index contributed by atoms with van der Waals surface area (Å²) in [6.45, 7) is 2.78. The molecule has 1 saturated heterocycles. The molecule has 0 unspecified atom stereocenters. The van der Waals surface area contributed by atoms with Gasteiger partial charge in [-0.15, -0.1) is 0 Å². The fourth-order valence-corrected chi connectivity index (χ4v) is 2.39. The normalized spacial score (nSPS) is 31.3. The minimum atomic E-state index is -3.66. The standard InChI is InChI=1S/C9H15N3O6S/c1-5-8(18-19(3,14)15)4-7(11-12-10)9(16-5)17-6(2)13/h5,7-9H,4H2,1-3H3/t5-,7+,8-,9-/m1/s1. The summed E-state index contributed by atoms with van der Waals surface area (Å²) in [7, 11) is -3.66. The van der Waals surface area contributed by atoms with Crippen molar-refractivity contribution < 1.29 is 26.9 Å². The van der Waals surface area contributed by atoms with Crippen LogP contribution in [0, 0.1) is 0 Å². The van der Waals surface area contributed by atoms with Gasteiger partial charge in [0.05, 0.1) is 12.4 Å². The Bertz CT molecular complexity index is 486. The molecule has 1 fully saturated rings. The van der Waals surface area contributed by atoms with Crippen LogP contribution < -0.4 is 0 Å². The zero-order valence-electron chi connectivity index (χ0n) is 10.7. The minimum absolute atomic E-state index is 0.0796. The highest BCUT2D eigenvalue weighted by molar-refractivity contribution is 7.86. The molecule has 0 radical (unpaired) electrons. The first kappa shape index (κ1) is 15.7. The van der Waals surface area contributed by atoms with Crippen molar-refractivity contribution in [3.8, 4) is 0 Å². The molecule has 1 aliphatic heterocycles. The third-order valence-electron chi connectivity index (χ3n) is 2.44. The number of ether oxygens (including phenoxy) is 2. The summed E-state index contributed by atoms with van der Waals surface area (Å²) in [4.78, 5) is 13.5. The fourth-order valence-electron chi connectivity index (χ4n) is 1.71. The van der Waals surface area contributed by atoms with E-state index in [1.54, 1.807) is 6.92 Å². The SMILES string of the molecule is CC(=O)O[C@H]1O[C@H](C)[C@H](OS(C)(=O)=O)C[C@@H]1N=[N+]=[N-]. The zero-order chi connectivity index (χ0) is 14.6. The topological polar surface area (TPSA) is 128 Å². The molecule has 0 N–H and O–H groups in total. The van der Waals surface area contributed by atoms with Gasteiger partial charge in [0.25, 0.3) is 10.1 Å². The fraction of sp³-hybridized carbons (Fsp3) is 0.889. The molecule has 108 valence electrons. The van der Waals surface area contributed by atoms with E-state index >= 15 is 0 Å². The van der Waals surface area contributed by atoms with Crippen molar-refractivity contribution in [2.24, 2.45) is 5.11 Å². The Hall–Kier alpha value is -1.35. The Morgan fingerprint density at radius 3 is 2.63 bits per heavy atom. The van der Waals surface area contributed by atoms with Crippen molar-refractivity contribution in [1.29, 1.82) is 0 Å². The Morgan fingerprint density at radius 1 is 1.53 bits per heavy atom. The summed E-state index contributed by atoms with van der Waals surface area (Å²) in [6, 6.07) is -0.836. The quantitative estimate of drug-likeness (QED) is 0.247. The highest BCUT2D eigenvalue weighted by Gasteiger charge is 2.39. The van der Waals surface area contributed by atoms with Gasteiger partial charge >= 0.3 is 5.97 Å². The molecule has 0 spiro atoms. The first-order valence-electron chi connectivity index (χ1n) is 5.48. The highest BCUT2D eigenvalue weighted by atomic mass is 32.2. The number of carbonyl (C=O) groups excluding carboxylic acids is 1. The van der Waals surface area contributed by atoms with Crippen molar-refractivity contribution in [2.75, 3.05) is 6.26 Å². The largest absolute Gasteiger partial charge is 0.435 e. The molecule has 0 aromatic heterocycles. The Labute approximate surface area is 110 Å². The van der Waals surface area contributed by atoms with E-state index in [1.165, 1.54) is 6.92 Å². The van der Waals surface area contributed by atoms with Crippen LogP contribution in [0.3, 0.4) is 0 Å². The van der Waals surface area contributed by atoms with Gasteiger partial charge in [-0.3, -0.25) is 8.98 Å². The van der Waals surface area contributed by atoms with E-state index in [-0.39, 0.29) is 6.42 Å². The van der Waals surface area contributed by atoms with Crippen molar-refractivity contribution in [1.82, 2.24) is 0 Å². The number of nitrogens with zero attached hydrogens (tertiary/aromatic N) is 3. The maximum absolute atomic E-state index is 11.1. The Morgan fingerprint density at radius 2 is 2.16 bits per heavy atom. The molecule has 0 saturated carbocycles. The van der Waals surface area contributed by atoms with Crippen LogP contribution in [0.2, 0.25) is 0 Å². The predicted octanol–water partition coefficient (Wildman–Crippen LogP) is 0.708. The van der Waals surface area contributed by atoms with Crippen LogP contribution in [0.15, 0.2) is 5.11 Å². The summed E-state index contributed by atoms with van der Waals surface area (Å²) < 4.78 is 37.2. The van der Waals surface area contributed by atoms with Crippen LogP contribution >= 0.6 is 0 Å². The van der Waals surface area contributed by atoms with E-state index in [2.05, 4.69) is 10.0 Å². The van der Waals surface area contributed by atoms with E-state index in [9.17, 15) is 13.2 Å². The molecule has 9 nitrogen and oxygen atoms in total. The van der Waals surface area contributed by atoms with Crippen LogP contribution in [-0.4, -0.2) is 45.2 Å². The number of azide groups is 1. The van der Waals surface area contributed by atoms with Crippen LogP contribution in [0.4, 0.5) is 0 Å². The number of esters is 1. The van der Waals surface area contributed by atoms with Gasteiger partial charge < -0.3 is 9.47 Å². The summed E-state index contributed by atoms with van der Waals surface area (Å²) in [6.07, 6.45) is -1.46. The second kappa shape index (κ2) is 6.20. The second-order valence-corrected chi connectivity index (χ2v) is 5.77. The predicted molar refractivity (Wildman–Crippen MR) is 63.4 cm³/mol. The molecule has 0 aliphatic carbocycles. The van der Waals surface area contributed by atoms with Gasteiger partial charge in [0.1, 0.15) is 12.1 Å². The molecule has 1 heterocycles. The smallest absolute Gasteiger partial charge is 0.304 e. The summed E-state index contributed by atoms with van der Waals surface area (Å²) in [5, 5.41) is 3.44. The average molecular weight is 293 g/mol. The van der Waals surface area contributed by atoms with E-state index < -0.39 is 40.6 Å². The lowest BCUT2D eigenvalue weighted by Gasteiger charge is -2.36. The number of hydrogen-bond donors (Lipinski definition) is 0. The van der Waals surface area contributed by atoms with Crippen molar-refractivity contribution in [2.45, 2.75) is 44.8 Å². The van der Waals surface area contributed by atoms with Crippen LogP contribution in [-0.2, 0) is 28.6 Å². The third kappa shape index (κ3) is 5.03. The molecule has 4 atom stereocenters. The van der Waals surface area contributed by atoms with Crippen LogP contribution in [0.5, 0.6) is 0 Å². The van der Waals surface area contributed by atoms with Gasteiger partial charge in [0, 0.05) is 11.8 Å². The van der Waals surface area contributed by atoms with Gasteiger partial charge in [0.2, 0.25) is 6.29 Å². The van der Waals surface area contributed by atoms with Gasteiger partial charge in [-0.2, -0.15) is 8.42 Å². The first-order valence-corrected chi connectivity index (χ1v) is 7.29. The van der Waals surface area contributed by atoms with Gasteiger partial charge in [0.15, 0.2) is 0 Å². The molecule has 1 aliphatic rings. The molecule has 1 rings (SSSR count). The molecule has 10 heteroatoms. The first-order chi connectivity index (χ1) is 8.73. The lowest BCUT2D eigenvalue weighted by atomic mass is 10.0. The summed E-state index contributed by atoms with van der Waals surface area (Å²) >= 11 is 0. The van der Waals surface area contributed by atoms with E-state index in [0.29, 0.717) is 0 Å². The highest BCUT2D eigenvalue weighted by Crippen LogP contribution is 2.26. The number of hydrogen-bond acceptors (Lipinski definition) is 7. The second-order valence-electron chi connectivity index (χ2n) is 4.17. The minimum Gasteiger partial charge on any atom is -0.435 e. The molecular weight excluding hydrogens is 278 g/mol. The van der Waals surface area contributed by atoms with Gasteiger partial charge in [-0.1, -0.05) is 5.11 Å². The molecule has 0 aromatic carbocycles. The van der Waals surface area contributed by atoms with Crippen molar-refractivity contribution in [3.63, 3.8) is 0 Å². The Kier molecular flexibility index (Phi) is 5.12. The number of carbonyl (C=O) groups is 1. The maximum Gasteiger partial charge on any atom is 0.304 e. The van der Waals surface area contributed by atoms with E-state index in [0.717, 1.165) is 6.26 Å². The molecule has 0 amide bonds. The van der Waals surface area contributed by atoms with Crippen molar-refractivity contribution >= 4 is 16.1 Å². The lowest BCUT2D eigenvalue weighted by molar-refractivity contribution is -0.219. The van der Waals surface area contributed by atoms with Crippen LogP contribution in [0.25, 0.3) is 10.4 Å². The molecular formula is C9H15N3O6S. The molecule has 19 heavy (non-hydrogen) atoms. The van der Waals surface area contributed by atoms with E-state index in [4.69, 9.17) is 19.2 Å². The summed E-state index contributed by atoms with van der Waals surface area (Å²) in [5.74, 6) is -0.585. The average Bonchev–Trinajstić information content (AvgIpc) is 2.22. The molecule has 0 aromatic rings. The lowest BCUT2D eigenvalue weighted by Crippen LogP contribution is -2.48. The third-order valence-corrected chi connectivity index (χ3v) is 3.04. The van der Waals surface area contributed by atoms with Gasteiger partial charge in [-0.05, 0) is 18.9 Å². The van der Waals surface area contributed by atoms with E-state index in [1.807, 2.05) is 0 Å². The van der Waals surface area contributed by atoms with Gasteiger partial charge in [-0.25, -0.2) is 0 Å². The van der Waals surface area contributed by atoms with Crippen LogP contribution in [0.1, 0.15) is 20.3 Å². The Balaban J connectivity index is 2.84. The van der Waals surface area contributed by atoms with Crippen molar-refractivity contribution in [3.05, 3.63) is 10.4 Å². The number of rotatable bonds is 4. The maximum atomic E-state index is 11.1. The monoisotopic (exact) mass is 293 g/mol. The molecule has 0 bridgehead atoms.